The zero-order valence-corrected chi connectivity index (χ0v) is 13.9. The molecule has 2 aromatic rings. The quantitative estimate of drug-likeness (QED) is 0.863. The van der Waals surface area contributed by atoms with Crippen molar-refractivity contribution in [3.05, 3.63) is 35.6 Å². The number of amides is 2. The summed E-state index contributed by atoms with van der Waals surface area (Å²) in [7, 11) is 0. The van der Waals surface area contributed by atoms with E-state index in [1.807, 2.05) is 6.07 Å². The van der Waals surface area contributed by atoms with Crippen molar-refractivity contribution in [2.75, 3.05) is 26.3 Å². The molecule has 3 aliphatic rings. The summed E-state index contributed by atoms with van der Waals surface area (Å²) in [5.74, 6) is -0.728. The highest BCUT2D eigenvalue weighted by Crippen LogP contribution is 2.39. The second-order valence-corrected chi connectivity index (χ2v) is 7.66. The van der Waals surface area contributed by atoms with E-state index in [1.165, 1.54) is 5.56 Å². The number of imide groups is 1. The van der Waals surface area contributed by atoms with Gasteiger partial charge in [0.15, 0.2) is 0 Å². The standard InChI is InChI=1S/C19H20N2O4/c22-17-4-2-13(18(23)20-17)15-7-25-16-3-1-12(5-14(15)16)6-21-8-19(9-21)10-24-11-19/h1,3,5,7,13H,2,4,6,8-11H2,(H,20,22,23). The molecule has 1 unspecified atom stereocenters. The molecule has 4 heterocycles. The molecule has 1 N–H and O–H groups in total. The van der Waals surface area contributed by atoms with Crippen molar-refractivity contribution in [1.82, 2.24) is 10.2 Å². The van der Waals surface area contributed by atoms with Crippen LogP contribution in [0.5, 0.6) is 0 Å². The minimum Gasteiger partial charge on any atom is -0.464 e. The first-order valence-corrected chi connectivity index (χ1v) is 8.76. The maximum Gasteiger partial charge on any atom is 0.234 e. The second-order valence-electron chi connectivity index (χ2n) is 7.66. The number of hydrogen-bond acceptors (Lipinski definition) is 5. The normalized spacial score (nSPS) is 25.7. The summed E-state index contributed by atoms with van der Waals surface area (Å²) >= 11 is 0. The number of hydrogen-bond donors (Lipinski definition) is 1. The van der Waals surface area contributed by atoms with Gasteiger partial charge in [-0.25, -0.2) is 0 Å². The third kappa shape index (κ3) is 2.48. The molecule has 1 spiro atoms. The summed E-state index contributed by atoms with van der Waals surface area (Å²) in [5, 5.41) is 3.41. The van der Waals surface area contributed by atoms with Crippen molar-refractivity contribution < 1.29 is 18.7 Å². The maximum absolute atomic E-state index is 12.2. The monoisotopic (exact) mass is 340 g/mol. The molecule has 0 aliphatic carbocycles. The van der Waals surface area contributed by atoms with Crippen molar-refractivity contribution in [1.29, 1.82) is 0 Å². The van der Waals surface area contributed by atoms with Crippen LogP contribution in [0.4, 0.5) is 0 Å². The first-order valence-electron chi connectivity index (χ1n) is 8.76. The number of ether oxygens (including phenoxy) is 1. The second kappa shape index (κ2) is 5.41. The summed E-state index contributed by atoms with van der Waals surface area (Å²) < 4.78 is 11.0. The Morgan fingerprint density at radius 3 is 2.80 bits per heavy atom. The third-order valence-corrected chi connectivity index (χ3v) is 5.62. The zero-order chi connectivity index (χ0) is 17.0. The average Bonchev–Trinajstić information content (AvgIpc) is 2.92. The Morgan fingerprint density at radius 1 is 1.24 bits per heavy atom. The zero-order valence-electron chi connectivity index (χ0n) is 13.9. The van der Waals surface area contributed by atoms with Gasteiger partial charge in [-0.05, 0) is 24.1 Å². The number of nitrogens with zero attached hydrogens (tertiary/aromatic N) is 1. The van der Waals surface area contributed by atoms with Crippen molar-refractivity contribution in [2.45, 2.75) is 25.3 Å². The summed E-state index contributed by atoms with van der Waals surface area (Å²) in [5.41, 5.74) is 3.31. The van der Waals surface area contributed by atoms with Crippen LogP contribution in [-0.4, -0.2) is 43.0 Å². The van der Waals surface area contributed by atoms with E-state index in [-0.39, 0.29) is 17.7 Å². The van der Waals surface area contributed by atoms with Gasteiger partial charge in [0.05, 0.1) is 25.4 Å². The minimum atomic E-state index is -0.311. The highest BCUT2D eigenvalue weighted by Gasteiger charge is 2.48. The molecular weight excluding hydrogens is 320 g/mol. The predicted octanol–water partition coefficient (Wildman–Crippen LogP) is 1.79. The summed E-state index contributed by atoms with van der Waals surface area (Å²) in [6.07, 6.45) is 2.58. The number of fused-ring (bicyclic) bond motifs is 1. The van der Waals surface area contributed by atoms with E-state index in [4.69, 9.17) is 9.15 Å². The Balaban J connectivity index is 1.38. The van der Waals surface area contributed by atoms with Gasteiger partial charge in [-0.2, -0.15) is 0 Å². The van der Waals surface area contributed by atoms with Crippen LogP contribution in [0, 0.1) is 5.41 Å². The molecule has 5 rings (SSSR count). The minimum absolute atomic E-state index is 0.193. The number of likely N-dealkylation sites (tertiary alicyclic amines) is 1. The van der Waals surface area contributed by atoms with E-state index in [2.05, 4.69) is 22.3 Å². The van der Waals surface area contributed by atoms with Crippen molar-refractivity contribution in [3.8, 4) is 0 Å². The predicted molar refractivity (Wildman–Crippen MR) is 89.9 cm³/mol. The van der Waals surface area contributed by atoms with Gasteiger partial charge in [-0.15, -0.1) is 0 Å². The van der Waals surface area contributed by atoms with Crippen LogP contribution >= 0.6 is 0 Å². The Hall–Kier alpha value is -2.18. The molecule has 0 saturated carbocycles. The maximum atomic E-state index is 12.2. The van der Waals surface area contributed by atoms with Crippen LogP contribution in [0.25, 0.3) is 11.0 Å². The van der Waals surface area contributed by atoms with Gasteiger partial charge in [-0.3, -0.25) is 19.8 Å². The summed E-state index contributed by atoms with van der Waals surface area (Å²) in [6.45, 7) is 4.87. The molecule has 1 aromatic heterocycles. The molecule has 0 bridgehead atoms. The van der Waals surface area contributed by atoms with Crippen molar-refractivity contribution in [3.63, 3.8) is 0 Å². The van der Waals surface area contributed by atoms with E-state index in [0.29, 0.717) is 18.3 Å². The van der Waals surface area contributed by atoms with Gasteiger partial charge < -0.3 is 9.15 Å². The van der Waals surface area contributed by atoms with Crippen LogP contribution < -0.4 is 5.32 Å². The lowest BCUT2D eigenvalue weighted by Crippen LogP contribution is -2.65. The largest absolute Gasteiger partial charge is 0.464 e. The topological polar surface area (TPSA) is 71.8 Å². The molecule has 6 heteroatoms. The van der Waals surface area contributed by atoms with E-state index in [1.54, 1.807) is 6.26 Å². The van der Waals surface area contributed by atoms with Crippen LogP contribution in [0.15, 0.2) is 28.9 Å². The number of rotatable bonds is 3. The first-order chi connectivity index (χ1) is 12.1. The van der Waals surface area contributed by atoms with Crippen LogP contribution in [0.3, 0.4) is 0 Å². The number of carbonyl (C=O) groups excluding carboxylic acids is 2. The Labute approximate surface area is 145 Å². The van der Waals surface area contributed by atoms with Gasteiger partial charge in [0.1, 0.15) is 5.58 Å². The third-order valence-electron chi connectivity index (χ3n) is 5.62. The van der Waals surface area contributed by atoms with E-state index >= 15 is 0 Å². The Bertz CT molecular complexity index is 859. The molecule has 25 heavy (non-hydrogen) atoms. The van der Waals surface area contributed by atoms with Gasteiger partial charge in [0.25, 0.3) is 0 Å². The highest BCUT2D eigenvalue weighted by molar-refractivity contribution is 6.02. The fourth-order valence-corrected chi connectivity index (χ4v) is 4.30. The molecule has 1 atom stereocenters. The number of benzene rings is 1. The molecule has 2 amide bonds. The number of piperidine rings is 1. The van der Waals surface area contributed by atoms with Crippen molar-refractivity contribution in [2.24, 2.45) is 5.41 Å². The first kappa shape index (κ1) is 15.1. The fourth-order valence-electron chi connectivity index (χ4n) is 4.30. The lowest BCUT2D eigenvalue weighted by Gasteiger charge is -2.55. The SMILES string of the molecule is O=C1CCC(c2coc3ccc(CN4CC5(COC5)C4)cc23)C(=O)N1. The van der Waals surface area contributed by atoms with Gasteiger partial charge >= 0.3 is 0 Å². The number of nitrogens with one attached hydrogen (secondary N) is 1. The Morgan fingerprint density at radius 2 is 2.08 bits per heavy atom. The van der Waals surface area contributed by atoms with Crippen LogP contribution in [0.1, 0.15) is 29.9 Å². The van der Waals surface area contributed by atoms with Crippen molar-refractivity contribution >= 4 is 22.8 Å². The van der Waals surface area contributed by atoms with E-state index in [9.17, 15) is 9.59 Å². The lowest BCUT2D eigenvalue weighted by atomic mass is 9.78. The average molecular weight is 340 g/mol. The van der Waals surface area contributed by atoms with Crippen LogP contribution in [-0.2, 0) is 20.9 Å². The van der Waals surface area contributed by atoms with E-state index < -0.39 is 0 Å². The van der Waals surface area contributed by atoms with Gasteiger partial charge in [0, 0.05) is 42.4 Å². The fraction of sp³-hybridized carbons (Fsp3) is 0.474. The Kier molecular flexibility index (Phi) is 3.27. The number of carbonyl (C=O) groups is 2. The van der Waals surface area contributed by atoms with E-state index in [0.717, 1.165) is 49.4 Å². The molecular formula is C19H20N2O4. The molecule has 3 fully saturated rings. The smallest absolute Gasteiger partial charge is 0.234 e. The van der Waals surface area contributed by atoms with Gasteiger partial charge in [-0.1, -0.05) is 6.07 Å². The molecule has 3 aliphatic heterocycles. The van der Waals surface area contributed by atoms with Crippen LogP contribution in [0.2, 0.25) is 0 Å². The lowest BCUT2D eigenvalue weighted by molar-refractivity contribution is -0.191. The molecule has 6 nitrogen and oxygen atoms in total. The molecule has 3 saturated heterocycles. The molecule has 1 aromatic carbocycles. The highest BCUT2D eigenvalue weighted by atomic mass is 16.5. The summed E-state index contributed by atoms with van der Waals surface area (Å²) in [6, 6.07) is 6.19. The number of furan rings is 1. The van der Waals surface area contributed by atoms with Gasteiger partial charge in [0.2, 0.25) is 11.8 Å². The summed E-state index contributed by atoms with van der Waals surface area (Å²) in [4.78, 5) is 26.0. The molecule has 0 radical (unpaired) electrons. The molecule has 130 valence electrons.